The molecule has 12 heteroatoms. The van der Waals surface area contributed by atoms with Crippen molar-refractivity contribution in [3.8, 4) is 17.4 Å². The standard InChI is InChI=1S/C26H22N4O7S/c1-3-16-4-7-18(8-5-16)28-23(31)15-29-25(32)22(38-26(29)33)13-17-6-10-20(21(12-17)36-2)37-24-11-9-19(14-27-24)30(34)35/h4-14H,3,15H2,1-2H3,(H,28,31)/b22-13+. The average molecular weight is 535 g/mol. The zero-order valence-electron chi connectivity index (χ0n) is 20.4. The summed E-state index contributed by atoms with van der Waals surface area (Å²) in [6.45, 7) is 1.62. The Labute approximate surface area is 221 Å². The van der Waals surface area contributed by atoms with Crippen LogP contribution in [0.5, 0.6) is 17.4 Å². The molecule has 1 aliphatic rings. The van der Waals surface area contributed by atoms with E-state index in [0.717, 1.165) is 34.8 Å². The van der Waals surface area contributed by atoms with Gasteiger partial charge in [0.15, 0.2) is 11.5 Å². The van der Waals surface area contributed by atoms with Gasteiger partial charge >= 0.3 is 0 Å². The van der Waals surface area contributed by atoms with Gasteiger partial charge in [-0.1, -0.05) is 25.1 Å². The number of methoxy groups -OCH3 is 1. The molecule has 0 radical (unpaired) electrons. The minimum Gasteiger partial charge on any atom is -0.493 e. The number of imide groups is 1. The molecule has 0 saturated carbocycles. The van der Waals surface area contributed by atoms with Crippen LogP contribution in [-0.2, 0) is 16.0 Å². The third-order valence-electron chi connectivity index (χ3n) is 5.45. The molecule has 0 aliphatic carbocycles. The molecule has 194 valence electrons. The predicted molar refractivity (Wildman–Crippen MR) is 141 cm³/mol. The van der Waals surface area contributed by atoms with Gasteiger partial charge in [0.05, 0.1) is 16.9 Å². The molecular weight excluding hydrogens is 512 g/mol. The molecule has 0 spiro atoms. The maximum atomic E-state index is 12.9. The molecule has 0 atom stereocenters. The van der Waals surface area contributed by atoms with E-state index < -0.39 is 28.5 Å². The molecule has 2 heterocycles. The summed E-state index contributed by atoms with van der Waals surface area (Å²) in [6, 6.07) is 14.8. The molecule has 0 bridgehead atoms. The van der Waals surface area contributed by atoms with Crippen molar-refractivity contribution in [3.63, 3.8) is 0 Å². The number of ether oxygens (including phenoxy) is 2. The summed E-state index contributed by atoms with van der Waals surface area (Å²) in [5.74, 6) is -0.330. The number of nitrogens with zero attached hydrogens (tertiary/aromatic N) is 3. The second-order valence-corrected chi connectivity index (χ2v) is 8.98. The lowest BCUT2D eigenvalue weighted by molar-refractivity contribution is -0.385. The van der Waals surface area contributed by atoms with Crippen molar-refractivity contribution in [2.45, 2.75) is 13.3 Å². The molecular formula is C26H22N4O7S. The minimum atomic E-state index is -0.578. The smallest absolute Gasteiger partial charge is 0.294 e. The van der Waals surface area contributed by atoms with Crippen LogP contribution in [0.2, 0.25) is 0 Å². The summed E-state index contributed by atoms with van der Waals surface area (Å²) in [4.78, 5) is 52.9. The van der Waals surface area contributed by atoms with Crippen molar-refractivity contribution >= 4 is 46.3 Å². The lowest BCUT2D eigenvalue weighted by Gasteiger charge is -2.12. The van der Waals surface area contributed by atoms with Crippen LogP contribution in [-0.4, -0.2) is 45.5 Å². The first kappa shape index (κ1) is 26.4. The lowest BCUT2D eigenvalue weighted by Crippen LogP contribution is -2.36. The van der Waals surface area contributed by atoms with Gasteiger partial charge in [0, 0.05) is 17.8 Å². The molecule has 1 aromatic heterocycles. The highest BCUT2D eigenvalue weighted by molar-refractivity contribution is 8.18. The van der Waals surface area contributed by atoms with Crippen molar-refractivity contribution in [3.05, 3.63) is 86.9 Å². The number of hydrogen-bond acceptors (Lipinski definition) is 9. The summed E-state index contributed by atoms with van der Waals surface area (Å²) in [7, 11) is 1.43. The van der Waals surface area contributed by atoms with E-state index >= 15 is 0 Å². The van der Waals surface area contributed by atoms with Gasteiger partial charge in [-0.2, -0.15) is 0 Å². The van der Waals surface area contributed by atoms with Crippen molar-refractivity contribution in [1.29, 1.82) is 0 Å². The minimum absolute atomic E-state index is 0.127. The fourth-order valence-electron chi connectivity index (χ4n) is 3.47. The largest absolute Gasteiger partial charge is 0.493 e. The number of nitro groups is 1. The summed E-state index contributed by atoms with van der Waals surface area (Å²) >= 11 is 0.735. The van der Waals surface area contributed by atoms with Crippen LogP contribution < -0.4 is 14.8 Å². The molecule has 11 nitrogen and oxygen atoms in total. The quantitative estimate of drug-likeness (QED) is 0.227. The van der Waals surface area contributed by atoms with Gasteiger partial charge in [0.1, 0.15) is 12.7 Å². The average Bonchev–Trinajstić information content (AvgIpc) is 3.17. The van der Waals surface area contributed by atoms with E-state index in [1.54, 1.807) is 30.3 Å². The van der Waals surface area contributed by atoms with Crippen molar-refractivity contribution in [2.75, 3.05) is 19.0 Å². The number of aryl methyl sites for hydroxylation is 1. The molecule has 3 aromatic rings. The zero-order chi connectivity index (χ0) is 27.2. The number of hydrogen-bond donors (Lipinski definition) is 1. The van der Waals surface area contributed by atoms with Gasteiger partial charge < -0.3 is 14.8 Å². The van der Waals surface area contributed by atoms with E-state index in [0.29, 0.717) is 22.7 Å². The van der Waals surface area contributed by atoms with Gasteiger partial charge in [-0.05, 0) is 59.7 Å². The number of benzene rings is 2. The number of aromatic nitrogens is 1. The van der Waals surface area contributed by atoms with Gasteiger partial charge in [0.25, 0.3) is 16.8 Å². The highest BCUT2D eigenvalue weighted by atomic mass is 32.2. The van der Waals surface area contributed by atoms with Crippen LogP contribution in [0.25, 0.3) is 6.08 Å². The van der Waals surface area contributed by atoms with Gasteiger partial charge in [-0.25, -0.2) is 4.98 Å². The van der Waals surface area contributed by atoms with E-state index in [9.17, 15) is 24.5 Å². The van der Waals surface area contributed by atoms with Gasteiger partial charge in [-0.3, -0.25) is 29.4 Å². The van der Waals surface area contributed by atoms with Gasteiger partial charge in [-0.15, -0.1) is 0 Å². The maximum Gasteiger partial charge on any atom is 0.294 e. The number of nitrogens with one attached hydrogen (secondary N) is 1. The Morgan fingerprint density at radius 3 is 2.53 bits per heavy atom. The molecule has 2 aromatic carbocycles. The maximum absolute atomic E-state index is 12.9. The van der Waals surface area contributed by atoms with Crippen LogP contribution in [0.15, 0.2) is 65.7 Å². The first-order valence-electron chi connectivity index (χ1n) is 11.4. The lowest BCUT2D eigenvalue weighted by atomic mass is 10.1. The highest BCUT2D eigenvalue weighted by Gasteiger charge is 2.36. The molecule has 0 unspecified atom stereocenters. The molecule has 1 N–H and O–H groups in total. The van der Waals surface area contributed by atoms with Crippen LogP contribution >= 0.6 is 11.8 Å². The Morgan fingerprint density at radius 1 is 1.13 bits per heavy atom. The molecule has 1 fully saturated rings. The molecule has 1 saturated heterocycles. The Bertz CT molecular complexity index is 1420. The fourth-order valence-corrected chi connectivity index (χ4v) is 4.31. The number of thioether (sulfide) groups is 1. The van der Waals surface area contributed by atoms with E-state index in [-0.39, 0.29) is 16.5 Å². The first-order valence-corrected chi connectivity index (χ1v) is 12.2. The Balaban J connectivity index is 1.43. The highest BCUT2D eigenvalue weighted by Crippen LogP contribution is 2.36. The van der Waals surface area contributed by atoms with Crippen molar-refractivity contribution < 1.29 is 28.8 Å². The Morgan fingerprint density at radius 2 is 1.89 bits per heavy atom. The fraction of sp³-hybridized carbons (Fsp3) is 0.154. The van der Waals surface area contributed by atoms with Gasteiger partial charge in [0.2, 0.25) is 11.8 Å². The van der Waals surface area contributed by atoms with E-state index in [4.69, 9.17) is 9.47 Å². The normalized spacial score (nSPS) is 14.1. The second-order valence-electron chi connectivity index (χ2n) is 7.99. The molecule has 4 rings (SSSR count). The van der Waals surface area contributed by atoms with Crippen LogP contribution in [0.3, 0.4) is 0 Å². The molecule has 1 aliphatic heterocycles. The van der Waals surface area contributed by atoms with Crippen LogP contribution in [0.1, 0.15) is 18.1 Å². The van der Waals surface area contributed by atoms with E-state index in [2.05, 4.69) is 10.3 Å². The Kier molecular flexibility index (Phi) is 8.02. The number of carbonyl (C=O) groups is 3. The molecule has 3 amide bonds. The number of amides is 3. The number of carbonyl (C=O) groups excluding carboxylic acids is 3. The summed E-state index contributed by atoms with van der Waals surface area (Å²) in [6.07, 6.45) is 3.47. The summed E-state index contributed by atoms with van der Waals surface area (Å²) in [5, 5.41) is 12.9. The summed E-state index contributed by atoms with van der Waals surface area (Å²) in [5.41, 5.74) is 2.08. The molecule has 38 heavy (non-hydrogen) atoms. The van der Waals surface area contributed by atoms with E-state index in [1.807, 2.05) is 19.1 Å². The predicted octanol–water partition coefficient (Wildman–Crippen LogP) is 5.03. The Hall–Kier alpha value is -4.71. The monoisotopic (exact) mass is 534 g/mol. The first-order chi connectivity index (χ1) is 18.3. The third kappa shape index (κ3) is 6.16. The number of rotatable bonds is 9. The number of anilines is 1. The van der Waals surface area contributed by atoms with Crippen LogP contribution in [0.4, 0.5) is 16.2 Å². The van der Waals surface area contributed by atoms with Crippen molar-refractivity contribution in [2.24, 2.45) is 0 Å². The topological polar surface area (TPSA) is 141 Å². The SMILES string of the molecule is CCc1ccc(NC(=O)CN2C(=O)S/C(=C/c3ccc(Oc4ccc([N+](=O)[O-])cn4)c(OC)c3)C2=O)cc1. The second kappa shape index (κ2) is 11.6. The summed E-state index contributed by atoms with van der Waals surface area (Å²) < 4.78 is 11.0. The van der Waals surface area contributed by atoms with Crippen molar-refractivity contribution in [1.82, 2.24) is 9.88 Å². The van der Waals surface area contributed by atoms with E-state index in [1.165, 1.54) is 25.3 Å². The van der Waals surface area contributed by atoms with Crippen LogP contribution in [0, 0.1) is 10.1 Å². The zero-order valence-corrected chi connectivity index (χ0v) is 21.2. The number of pyridine rings is 1. The third-order valence-corrected chi connectivity index (χ3v) is 6.36.